The summed E-state index contributed by atoms with van der Waals surface area (Å²) in [5.41, 5.74) is 3.62. The van der Waals surface area contributed by atoms with Gasteiger partial charge in [-0.25, -0.2) is 9.67 Å². The third-order valence-corrected chi connectivity index (χ3v) is 5.00. The van der Waals surface area contributed by atoms with Gasteiger partial charge in [-0.05, 0) is 44.7 Å². The van der Waals surface area contributed by atoms with Crippen molar-refractivity contribution in [3.63, 3.8) is 0 Å². The Hall–Kier alpha value is -2.96. The number of pyridine rings is 1. The topological polar surface area (TPSA) is 77.6 Å². The minimum atomic E-state index is -0.0710. The third-order valence-electron chi connectivity index (χ3n) is 5.00. The maximum absolute atomic E-state index is 12.8. The van der Waals surface area contributed by atoms with Gasteiger partial charge in [-0.2, -0.15) is 10.2 Å². The second-order valence-electron chi connectivity index (χ2n) is 6.96. The monoisotopic (exact) mass is 364 g/mol. The first-order chi connectivity index (χ1) is 13.2. The van der Waals surface area contributed by atoms with E-state index in [1.807, 2.05) is 46.9 Å². The molecule has 1 amide bonds. The number of rotatable bonds is 5. The average Bonchev–Trinajstić information content (AvgIpc) is 3.27. The third kappa shape index (κ3) is 3.37. The molecule has 140 valence electrons. The summed E-state index contributed by atoms with van der Waals surface area (Å²) in [6.45, 7) is 4.80. The molecule has 3 aromatic heterocycles. The number of carbonyl (C=O) groups excluding carboxylic acids is 1. The van der Waals surface area contributed by atoms with E-state index < -0.39 is 0 Å². The SMILES string of the molecule is CCCn1cc(C(=O)N[C@H]2CCCc3c2cnn3-c2ccccn2)c(C)n1. The number of aryl methyl sites for hydroxylation is 2. The zero-order chi connectivity index (χ0) is 18.8. The van der Waals surface area contributed by atoms with Crippen molar-refractivity contribution in [2.24, 2.45) is 0 Å². The van der Waals surface area contributed by atoms with Crippen LogP contribution in [0.4, 0.5) is 0 Å². The highest BCUT2D eigenvalue weighted by atomic mass is 16.1. The fourth-order valence-electron chi connectivity index (χ4n) is 3.70. The summed E-state index contributed by atoms with van der Waals surface area (Å²) >= 11 is 0. The summed E-state index contributed by atoms with van der Waals surface area (Å²) in [5.74, 6) is 0.737. The van der Waals surface area contributed by atoms with E-state index in [9.17, 15) is 4.79 Å². The summed E-state index contributed by atoms with van der Waals surface area (Å²) < 4.78 is 3.73. The smallest absolute Gasteiger partial charge is 0.255 e. The van der Waals surface area contributed by atoms with Crippen LogP contribution in [0, 0.1) is 6.92 Å². The Kier molecular flexibility index (Phi) is 4.75. The van der Waals surface area contributed by atoms with Gasteiger partial charge in [-0.1, -0.05) is 13.0 Å². The van der Waals surface area contributed by atoms with Gasteiger partial charge in [0.25, 0.3) is 5.91 Å². The first-order valence-corrected chi connectivity index (χ1v) is 9.50. The normalized spacial score (nSPS) is 16.1. The number of hydrogen-bond donors (Lipinski definition) is 1. The van der Waals surface area contributed by atoms with Gasteiger partial charge in [-0.15, -0.1) is 0 Å². The summed E-state index contributed by atoms with van der Waals surface area (Å²) in [7, 11) is 0. The van der Waals surface area contributed by atoms with Crippen molar-refractivity contribution < 1.29 is 4.79 Å². The minimum Gasteiger partial charge on any atom is -0.345 e. The van der Waals surface area contributed by atoms with Gasteiger partial charge >= 0.3 is 0 Å². The fourth-order valence-corrected chi connectivity index (χ4v) is 3.70. The van der Waals surface area contributed by atoms with Crippen LogP contribution in [0.1, 0.15) is 59.5 Å². The van der Waals surface area contributed by atoms with Crippen LogP contribution in [0.15, 0.2) is 36.8 Å². The molecule has 0 fully saturated rings. The van der Waals surface area contributed by atoms with Gasteiger partial charge < -0.3 is 5.32 Å². The summed E-state index contributed by atoms with van der Waals surface area (Å²) in [5, 5.41) is 12.2. The standard InChI is InChI=1S/C20H24N6O/c1-3-11-25-13-16(14(2)24-25)20(27)23-17-7-6-8-18-15(17)12-22-26(18)19-9-4-5-10-21-19/h4-5,9-10,12-13,17H,3,6-8,11H2,1-2H3,(H,23,27)/t17-/m0/s1. The first kappa shape index (κ1) is 17.5. The quantitative estimate of drug-likeness (QED) is 0.755. The van der Waals surface area contributed by atoms with E-state index in [-0.39, 0.29) is 11.9 Å². The van der Waals surface area contributed by atoms with Crippen molar-refractivity contribution in [2.75, 3.05) is 0 Å². The molecule has 3 heterocycles. The maximum atomic E-state index is 12.8. The molecule has 1 atom stereocenters. The molecule has 0 saturated heterocycles. The predicted octanol–water partition coefficient (Wildman–Crippen LogP) is 2.99. The van der Waals surface area contributed by atoms with Gasteiger partial charge in [0.15, 0.2) is 5.82 Å². The molecule has 3 aromatic rings. The summed E-state index contributed by atoms with van der Waals surface area (Å²) in [6.07, 6.45) is 9.31. The molecule has 1 aliphatic rings. The van der Waals surface area contributed by atoms with Crippen molar-refractivity contribution in [3.05, 3.63) is 59.3 Å². The Balaban J connectivity index is 1.57. The van der Waals surface area contributed by atoms with E-state index in [2.05, 4.69) is 27.4 Å². The highest BCUT2D eigenvalue weighted by molar-refractivity contribution is 5.95. The lowest BCUT2D eigenvalue weighted by molar-refractivity contribution is 0.0932. The van der Waals surface area contributed by atoms with Crippen molar-refractivity contribution in [3.8, 4) is 5.82 Å². The van der Waals surface area contributed by atoms with E-state index in [1.165, 1.54) is 0 Å². The van der Waals surface area contributed by atoms with E-state index in [1.54, 1.807) is 6.20 Å². The maximum Gasteiger partial charge on any atom is 0.255 e. The lowest BCUT2D eigenvalue weighted by atomic mass is 9.92. The molecule has 7 heteroatoms. The molecule has 0 aromatic carbocycles. The van der Waals surface area contributed by atoms with Gasteiger partial charge in [0.05, 0.1) is 29.2 Å². The van der Waals surface area contributed by atoms with E-state index in [4.69, 9.17) is 0 Å². The lowest BCUT2D eigenvalue weighted by Crippen LogP contribution is -2.31. The second kappa shape index (κ2) is 7.34. The minimum absolute atomic E-state index is 0.0346. The van der Waals surface area contributed by atoms with Crippen LogP contribution in [0.25, 0.3) is 5.82 Å². The van der Waals surface area contributed by atoms with Crippen LogP contribution in [0.2, 0.25) is 0 Å². The van der Waals surface area contributed by atoms with Crippen LogP contribution in [0.5, 0.6) is 0 Å². The zero-order valence-electron chi connectivity index (χ0n) is 15.7. The van der Waals surface area contributed by atoms with Gasteiger partial charge in [0.2, 0.25) is 0 Å². The van der Waals surface area contributed by atoms with Gasteiger partial charge in [-0.3, -0.25) is 9.48 Å². The Morgan fingerprint density at radius 2 is 2.26 bits per heavy atom. The van der Waals surface area contributed by atoms with Crippen molar-refractivity contribution in [1.29, 1.82) is 0 Å². The molecule has 0 saturated carbocycles. The number of aromatic nitrogens is 5. The van der Waals surface area contributed by atoms with E-state index in [0.29, 0.717) is 5.56 Å². The zero-order valence-corrected chi connectivity index (χ0v) is 15.7. The molecule has 0 spiro atoms. The van der Waals surface area contributed by atoms with Crippen LogP contribution in [-0.2, 0) is 13.0 Å². The molecular weight excluding hydrogens is 340 g/mol. The van der Waals surface area contributed by atoms with E-state index >= 15 is 0 Å². The van der Waals surface area contributed by atoms with Gasteiger partial charge in [0.1, 0.15) is 0 Å². The molecule has 27 heavy (non-hydrogen) atoms. The molecule has 1 N–H and O–H groups in total. The molecule has 4 rings (SSSR count). The van der Waals surface area contributed by atoms with Crippen LogP contribution in [0.3, 0.4) is 0 Å². The van der Waals surface area contributed by atoms with Crippen molar-refractivity contribution in [2.45, 2.75) is 52.1 Å². The highest BCUT2D eigenvalue weighted by Gasteiger charge is 2.27. The highest BCUT2D eigenvalue weighted by Crippen LogP contribution is 2.31. The van der Waals surface area contributed by atoms with Crippen molar-refractivity contribution >= 4 is 5.91 Å². The second-order valence-corrected chi connectivity index (χ2v) is 6.96. The number of fused-ring (bicyclic) bond motifs is 1. The molecule has 1 aliphatic carbocycles. The van der Waals surface area contributed by atoms with E-state index in [0.717, 1.165) is 55.0 Å². The number of amides is 1. The Labute approximate surface area is 158 Å². The van der Waals surface area contributed by atoms with Crippen LogP contribution < -0.4 is 5.32 Å². The van der Waals surface area contributed by atoms with Crippen LogP contribution in [-0.4, -0.2) is 30.5 Å². The number of nitrogens with zero attached hydrogens (tertiary/aromatic N) is 5. The number of hydrogen-bond acceptors (Lipinski definition) is 4. The first-order valence-electron chi connectivity index (χ1n) is 9.50. The predicted molar refractivity (Wildman–Crippen MR) is 102 cm³/mol. The molecule has 0 unspecified atom stereocenters. The Morgan fingerprint density at radius 1 is 1.37 bits per heavy atom. The Bertz CT molecular complexity index is 943. The summed E-state index contributed by atoms with van der Waals surface area (Å²) in [6, 6.07) is 5.76. The fraction of sp³-hybridized carbons (Fsp3) is 0.400. The molecular formula is C20H24N6O. The molecule has 7 nitrogen and oxygen atoms in total. The lowest BCUT2D eigenvalue weighted by Gasteiger charge is -2.24. The summed E-state index contributed by atoms with van der Waals surface area (Å²) in [4.78, 5) is 17.2. The van der Waals surface area contributed by atoms with Crippen LogP contribution >= 0.6 is 0 Å². The number of carbonyl (C=O) groups is 1. The van der Waals surface area contributed by atoms with Gasteiger partial charge in [0, 0.05) is 24.5 Å². The molecule has 0 bridgehead atoms. The molecule has 0 radical (unpaired) electrons. The average molecular weight is 364 g/mol. The van der Waals surface area contributed by atoms with Crippen molar-refractivity contribution in [1.82, 2.24) is 29.9 Å². The molecule has 0 aliphatic heterocycles. The Morgan fingerprint density at radius 3 is 3.04 bits per heavy atom. The largest absolute Gasteiger partial charge is 0.345 e. The number of nitrogens with one attached hydrogen (secondary N) is 1.